The van der Waals surface area contributed by atoms with E-state index < -0.39 is 0 Å². The highest BCUT2D eigenvalue weighted by atomic mass is 16.5. The highest BCUT2D eigenvalue weighted by Gasteiger charge is 2.07. The number of carbonyl (C=O) groups excluding carboxylic acids is 1. The van der Waals surface area contributed by atoms with Crippen molar-refractivity contribution in [1.82, 2.24) is 5.32 Å². The van der Waals surface area contributed by atoms with Gasteiger partial charge < -0.3 is 15.0 Å². The molecule has 0 bridgehead atoms. The van der Waals surface area contributed by atoms with Gasteiger partial charge in [0.05, 0.1) is 0 Å². The smallest absolute Gasteiger partial charge is 0.258 e. The maximum absolute atomic E-state index is 11.9. The number of nitrogens with zero attached hydrogens (tertiary/aromatic N) is 1. The number of aryl methyl sites for hydroxylation is 2. The highest BCUT2D eigenvalue weighted by Crippen LogP contribution is 2.22. The fraction of sp³-hybridized carbons (Fsp3) is 0.316. The summed E-state index contributed by atoms with van der Waals surface area (Å²) >= 11 is 0. The lowest BCUT2D eigenvalue weighted by Gasteiger charge is -2.13. The topological polar surface area (TPSA) is 41.6 Å². The van der Waals surface area contributed by atoms with Gasteiger partial charge in [-0.1, -0.05) is 30.3 Å². The normalized spacial score (nSPS) is 10.3. The van der Waals surface area contributed by atoms with Crippen molar-refractivity contribution in [1.29, 1.82) is 0 Å². The molecule has 0 saturated carbocycles. The van der Waals surface area contributed by atoms with Gasteiger partial charge in [0.1, 0.15) is 5.75 Å². The minimum Gasteiger partial charge on any atom is -0.483 e. The van der Waals surface area contributed by atoms with Crippen molar-refractivity contribution >= 4 is 11.6 Å². The standard InChI is InChI=1S/C19H24N2O2/c1-14-6-5-7-15(2)19(14)23-13-18(22)20-12-16-8-10-17(11-9-16)21(3)4/h5-11H,12-13H2,1-4H3,(H,20,22). The molecule has 2 aromatic carbocycles. The lowest BCUT2D eigenvalue weighted by atomic mass is 10.1. The molecule has 0 fully saturated rings. The Morgan fingerprint density at radius 2 is 1.65 bits per heavy atom. The van der Waals surface area contributed by atoms with Crippen LogP contribution in [0.5, 0.6) is 5.75 Å². The summed E-state index contributed by atoms with van der Waals surface area (Å²) in [6.45, 7) is 4.49. The Bertz CT molecular complexity index is 643. The Hall–Kier alpha value is -2.49. The molecule has 0 heterocycles. The second-order valence-corrected chi connectivity index (χ2v) is 5.85. The predicted octanol–water partition coefficient (Wildman–Crippen LogP) is 3.06. The van der Waals surface area contributed by atoms with Gasteiger partial charge in [-0.05, 0) is 42.7 Å². The van der Waals surface area contributed by atoms with E-state index in [1.807, 2.05) is 75.3 Å². The third-order valence-electron chi connectivity index (χ3n) is 3.70. The lowest BCUT2D eigenvalue weighted by Crippen LogP contribution is -2.28. The maximum Gasteiger partial charge on any atom is 0.258 e. The first-order valence-corrected chi connectivity index (χ1v) is 7.69. The third-order valence-corrected chi connectivity index (χ3v) is 3.70. The molecule has 0 aliphatic heterocycles. The number of amides is 1. The van der Waals surface area contributed by atoms with Gasteiger partial charge in [0.25, 0.3) is 5.91 Å². The van der Waals surface area contributed by atoms with Gasteiger partial charge in [-0.3, -0.25) is 4.79 Å². The number of ether oxygens (including phenoxy) is 1. The fourth-order valence-corrected chi connectivity index (χ4v) is 2.33. The van der Waals surface area contributed by atoms with Crippen LogP contribution in [0.3, 0.4) is 0 Å². The van der Waals surface area contributed by atoms with Crippen LogP contribution in [0.1, 0.15) is 16.7 Å². The molecular weight excluding hydrogens is 288 g/mol. The van der Waals surface area contributed by atoms with E-state index in [4.69, 9.17) is 4.74 Å². The number of hydrogen-bond donors (Lipinski definition) is 1. The van der Waals surface area contributed by atoms with E-state index in [0.29, 0.717) is 6.54 Å². The van der Waals surface area contributed by atoms with Crippen molar-refractivity contribution in [2.75, 3.05) is 25.6 Å². The Kier molecular flexibility index (Phi) is 5.63. The summed E-state index contributed by atoms with van der Waals surface area (Å²) in [6.07, 6.45) is 0. The number of nitrogens with one attached hydrogen (secondary N) is 1. The van der Waals surface area contributed by atoms with Gasteiger partial charge in [0.15, 0.2) is 6.61 Å². The number of carbonyl (C=O) groups is 1. The van der Waals surface area contributed by atoms with Crippen LogP contribution in [0.2, 0.25) is 0 Å². The lowest BCUT2D eigenvalue weighted by molar-refractivity contribution is -0.123. The van der Waals surface area contributed by atoms with Crippen molar-refractivity contribution in [3.63, 3.8) is 0 Å². The van der Waals surface area contributed by atoms with Crippen LogP contribution in [0, 0.1) is 13.8 Å². The Labute approximate surface area is 138 Å². The number of rotatable bonds is 6. The summed E-state index contributed by atoms with van der Waals surface area (Å²) in [5.41, 5.74) is 4.28. The Morgan fingerprint density at radius 1 is 1.04 bits per heavy atom. The molecule has 0 atom stereocenters. The van der Waals surface area contributed by atoms with Crippen LogP contribution < -0.4 is 15.0 Å². The summed E-state index contributed by atoms with van der Waals surface area (Å²) in [4.78, 5) is 14.0. The molecule has 0 saturated heterocycles. The predicted molar refractivity (Wildman–Crippen MR) is 94.0 cm³/mol. The second-order valence-electron chi connectivity index (χ2n) is 5.85. The van der Waals surface area contributed by atoms with Crippen molar-refractivity contribution in [3.05, 3.63) is 59.2 Å². The van der Waals surface area contributed by atoms with E-state index in [1.165, 1.54) is 0 Å². The van der Waals surface area contributed by atoms with Gasteiger partial charge in [0, 0.05) is 26.3 Å². The maximum atomic E-state index is 11.9. The van der Waals surface area contributed by atoms with E-state index in [0.717, 1.165) is 28.1 Å². The first-order valence-electron chi connectivity index (χ1n) is 7.69. The highest BCUT2D eigenvalue weighted by molar-refractivity contribution is 5.77. The van der Waals surface area contributed by atoms with Gasteiger partial charge in [-0.2, -0.15) is 0 Å². The monoisotopic (exact) mass is 312 g/mol. The fourth-order valence-electron chi connectivity index (χ4n) is 2.33. The van der Waals surface area contributed by atoms with E-state index in [-0.39, 0.29) is 12.5 Å². The van der Waals surface area contributed by atoms with Crippen LogP contribution in [-0.4, -0.2) is 26.6 Å². The minimum atomic E-state index is -0.121. The van der Waals surface area contributed by atoms with Crippen LogP contribution in [0.4, 0.5) is 5.69 Å². The largest absolute Gasteiger partial charge is 0.483 e. The van der Waals surface area contributed by atoms with Gasteiger partial charge in [-0.15, -0.1) is 0 Å². The molecule has 0 aromatic heterocycles. The van der Waals surface area contributed by atoms with Crippen molar-refractivity contribution in [3.8, 4) is 5.75 Å². The molecule has 0 unspecified atom stereocenters. The van der Waals surface area contributed by atoms with Gasteiger partial charge >= 0.3 is 0 Å². The van der Waals surface area contributed by atoms with Crippen LogP contribution in [-0.2, 0) is 11.3 Å². The molecule has 4 heteroatoms. The molecule has 0 radical (unpaired) electrons. The molecule has 23 heavy (non-hydrogen) atoms. The molecule has 1 N–H and O–H groups in total. The molecule has 1 amide bonds. The first kappa shape index (κ1) is 16.9. The van der Waals surface area contributed by atoms with Crippen LogP contribution in [0.15, 0.2) is 42.5 Å². The number of anilines is 1. The summed E-state index contributed by atoms with van der Waals surface area (Å²) in [6, 6.07) is 14.0. The van der Waals surface area contributed by atoms with E-state index in [9.17, 15) is 4.79 Å². The van der Waals surface area contributed by atoms with Crippen molar-refractivity contribution in [2.24, 2.45) is 0 Å². The summed E-state index contributed by atoms with van der Waals surface area (Å²) in [5, 5.41) is 2.88. The van der Waals surface area contributed by atoms with Gasteiger partial charge in [0.2, 0.25) is 0 Å². The molecule has 0 spiro atoms. The summed E-state index contributed by atoms with van der Waals surface area (Å²) < 4.78 is 5.65. The average Bonchev–Trinajstić information content (AvgIpc) is 2.53. The van der Waals surface area contributed by atoms with E-state index >= 15 is 0 Å². The molecule has 0 aliphatic rings. The quantitative estimate of drug-likeness (QED) is 0.891. The SMILES string of the molecule is Cc1cccc(C)c1OCC(=O)NCc1ccc(N(C)C)cc1. The number of para-hydroxylation sites is 1. The molecule has 2 rings (SSSR count). The number of benzene rings is 2. The average molecular weight is 312 g/mol. The Balaban J connectivity index is 1.83. The van der Waals surface area contributed by atoms with Crippen LogP contribution in [0.25, 0.3) is 0 Å². The number of hydrogen-bond acceptors (Lipinski definition) is 3. The molecule has 0 aliphatic carbocycles. The Morgan fingerprint density at radius 3 is 2.22 bits per heavy atom. The minimum absolute atomic E-state index is 0.0292. The summed E-state index contributed by atoms with van der Waals surface area (Å²) in [5.74, 6) is 0.669. The zero-order chi connectivity index (χ0) is 16.8. The van der Waals surface area contributed by atoms with Crippen molar-refractivity contribution in [2.45, 2.75) is 20.4 Å². The molecule has 2 aromatic rings. The van der Waals surface area contributed by atoms with Crippen LogP contribution >= 0.6 is 0 Å². The molecule has 122 valence electrons. The van der Waals surface area contributed by atoms with Gasteiger partial charge in [-0.25, -0.2) is 0 Å². The van der Waals surface area contributed by atoms with E-state index in [1.54, 1.807) is 0 Å². The van der Waals surface area contributed by atoms with E-state index in [2.05, 4.69) is 5.32 Å². The zero-order valence-corrected chi connectivity index (χ0v) is 14.2. The third kappa shape index (κ3) is 4.74. The second kappa shape index (κ2) is 7.68. The zero-order valence-electron chi connectivity index (χ0n) is 14.2. The molecule has 4 nitrogen and oxygen atoms in total. The molecular formula is C19H24N2O2. The summed E-state index contributed by atoms with van der Waals surface area (Å²) in [7, 11) is 4.00. The van der Waals surface area contributed by atoms with Crippen molar-refractivity contribution < 1.29 is 9.53 Å². The first-order chi connectivity index (χ1) is 11.0.